The molecule has 0 bridgehead atoms. The first-order chi connectivity index (χ1) is 6.91. The van der Waals surface area contributed by atoms with Gasteiger partial charge in [-0.05, 0) is 26.0 Å². The molecule has 0 aliphatic carbocycles. The summed E-state index contributed by atoms with van der Waals surface area (Å²) in [5.74, 6) is 0.449. The SMILES string of the molecule is CC1(C)CC(=O)c2ccc(Cl)c(Cl)c2O1. The van der Waals surface area contributed by atoms with Crippen molar-refractivity contribution in [2.45, 2.75) is 25.9 Å². The Hall–Kier alpha value is -0.730. The van der Waals surface area contributed by atoms with Gasteiger partial charge in [0.1, 0.15) is 10.6 Å². The molecule has 0 amide bonds. The van der Waals surface area contributed by atoms with E-state index in [2.05, 4.69) is 0 Å². The van der Waals surface area contributed by atoms with Gasteiger partial charge < -0.3 is 4.74 Å². The van der Waals surface area contributed by atoms with E-state index in [1.54, 1.807) is 12.1 Å². The van der Waals surface area contributed by atoms with E-state index < -0.39 is 5.60 Å². The van der Waals surface area contributed by atoms with E-state index in [-0.39, 0.29) is 5.78 Å². The van der Waals surface area contributed by atoms with E-state index in [1.807, 2.05) is 13.8 Å². The van der Waals surface area contributed by atoms with Crippen LogP contribution in [0.1, 0.15) is 30.6 Å². The molecule has 0 atom stereocenters. The molecule has 0 saturated carbocycles. The van der Waals surface area contributed by atoms with Crippen LogP contribution in [0.15, 0.2) is 12.1 Å². The highest BCUT2D eigenvalue weighted by molar-refractivity contribution is 6.43. The van der Waals surface area contributed by atoms with E-state index in [0.717, 1.165) is 0 Å². The highest BCUT2D eigenvalue weighted by Crippen LogP contribution is 2.41. The van der Waals surface area contributed by atoms with Crippen LogP contribution in [-0.2, 0) is 0 Å². The summed E-state index contributed by atoms with van der Waals surface area (Å²) in [5, 5.41) is 0.719. The molecule has 0 spiro atoms. The summed E-state index contributed by atoms with van der Waals surface area (Å²) < 4.78 is 5.66. The Bertz CT molecular complexity index is 438. The number of hydrogen-bond acceptors (Lipinski definition) is 2. The number of ether oxygens (including phenoxy) is 1. The van der Waals surface area contributed by atoms with E-state index in [1.165, 1.54) is 0 Å². The normalized spacial score (nSPS) is 18.3. The summed E-state index contributed by atoms with van der Waals surface area (Å²) in [6, 6.07) is 3.27. The Morgan fingerprint density at radius 2 is 2.00 bits per heavy atom. The lowest BCUT2D eigenvalue weighted by Gasteiger charge is -2.32. The van der Waals surface area contributed by atoms with E-state index in [0.29, 0.717) is 27.8 Å². The maximum Gasteiger partial charge on any atom is 0.170 e. The fraction of sp³-hybridized carbons (Fsp3) is 0.364. The highest BCUT2D eigenvalue weighted by atomic mass is 35.5. The maximum atomic E-state index is 11.8. The van der Waals surface area contributed by atoms with Crippen molar-refractivity contribution in [1.29, 1.82) is 0 Å². The number of Topliss-reactive ketones (excluding diaryl/α,β-unsaturated/α-hetero) is 1. The van der Waals surface area contributed by atoms with Crippen molar-refractivity contribution in [1.82, 2.24) is 0 Å². The molecule has 0 unspecified atom stereocenters. The predicted octanol–water partition coefficient (Wildman–Crippen LogP) is 3.74. The van der Waals surface area contributed by atoms with Crippen LogP contribution >= 0.6 is 23.2 Å². The van der Waals surface area contributed by atoms with Crippen molar-refractivity contribution < 1.29 is 9.53 Å². The van der Waals surface area contributed by atoms with Gasteiger partial charge in [0.15, 0.2) is 11.5 Å². The van der Waals surface area contributed by atoms with Crippen molar-refractivity contribution in [3.05, 3.63) is 27.7 Å². The maximum absolute atomic E-state index is 11.8. The van der Waals surface area contributed by atoms with Gasteiger partial charge in [-0.2, -0.15) is 0 Å². The Labute approximate surface area is 98.1 Å². The van der Waals surface area contributed by atoms with E-state index in [9.17, 15) is 4.79 Å². The van der Waals surface area contributed by atoms with Gasteiger partial charge in [-0.25, -0.2) is 0 Å². The number of hydrogen-bond donors (Lipinski definition) is 0. The lowest BCUT2D eigenvalue weighted by atomic mass is 9.93. The van der Waals surface area contributed by atoms with Gasteiger partial charge in [0.2, 0.25) is 0 Å². The number of fused-ring (bicyclic) bond motifs is 1. The minimum absolute atomic E-state index is 0.0415. The van der Waals surface area contributed by atoms with Gasteiger partial charge in [-0.15, -0.1) is 0 Å². The van der Waals surface area contributed by atoms with Crippen LogP contribution in [0.25, 0.3) is 0 Å². The van der Waals surface area contributed by atoms with Gasteiger partial charge in [-0.1, -0.05) is 23.2 Å². The second-order valence-corrected chi connectivity index (χ2v) is 4.98. The van der Waals surface area contributed by atoms with Crippen LogP contribution in [-0.4, -0.2) is 11.4 Å². The number of rotatable bonds is 0. The standard InChI is InChI=1S/C11H10Cl2O2/c1-11(2)5-8(14)6-3-4-7(12)9(13)10(6)15-11/h3-4H,5H2,1-2H3. The molecule has 2 nitrogen and oxygen atoms in total. The van der Waals surface area contributed by atoms with Crippen molar-refractivity contribution in [2.75, 3.05) is 0 Å². The fourth-order valence-electron chi connectivity index (χ4n) is 1.65. The molecule has 15 heavy (non-hydrogen) atoms. The zero-order chi connectivity index (χ0) is 11.2. The van der Waals surface area contributed by atoms with Crippen molar-refractivity contribution in [3.8, 4) is 5.75 Å². The summed E-state index contributed by atoms with van der Waals surface area (Å²) in [5.41, 5.74) is 0.00187. The molecule has 0 radical (unpaired) electrons. The third-order valence-electron chi connectivity index (χ3n) is 2.32. The first kappa shape index (κ1) is 10.8. The lowest BCUT2D eigenvalue weighted by molar-refractivity contribution is 0.0621. The molecule has 1 aliphatic heterocycles. The quantitative estimate of drug-likeness (QED) is 0.695. The molecule has 4 heteroatoms. The molecule has 1 aromatic rings. The monoisotopic (exact) mass is 244 g/mol. The van der Waals surface area contributed by atoms with Gasteiger partial charge >= 0.3 is 0 Å². The minimum Gasteiger partial charge on any atom is -0.485 e. The van der Waals surface area contributed by atoms with E-state index >= 15 is 0 Å². The number of carbonyl (C=O) groups excluding carboxylic acids is 1. The van der Waals surface area contributed by atoms with Crippen molar-refractivity contribution in [3.63, 3.8) is 0 Å². The summed E-state index contributed by atoms with van der Waals surface area (Å²) >= 11 is 11.9. The largest absolute Gasteiger partial charge is 0.485 e. The van der Waals surface area contributed by atoms with Crippen molar-refractivity contribution >= 4 is 29.0 Å². The summed E-state index contributed by atoms with van der Waals surface area (Å²) in [6.45, 7) is 3.70. The molecule has 0 N–H and O–H groups in total. The average molecular weight is 245 g/mol. The molecule has 80 valence electrons. The lowest BCUT2D eigenvalue weighted by Crippen LogP contribution is -2.36. The van der Waals surface area contributed by atoms with E-state index in [4.69, 9.17) is 27.9 Å². The topological polar surface area (TPSA) is 26.3 Å². The molecular weight excluding hydrogens is 235 g/mol. The number of halogens is 2. The van der Waals surface area contributed by atoms with Crippen LogP contribution in [0, 0.1) is 0 Å². The van der Waals surface area contributed by atoms with Crippen LogP contribution in [0.5, 0.6) is 5.75 Å². The second-order valence-electron chi connectivity index (χ2n) is 4.20. The first-order valence-corrected chi connectivity index (χ1v) is 5.36. The zero-order valence-corrected chi connectivity index (χ0v) is 9.95. The molecule has 0 saturated heterocycles. The smallest absolute Gasteiger partial charge is 0.170 e. The molecule has 0 aromatic heterocycles. The Kier molecular flexibility index (Phi) is 2.44. The first-order valence-electron chi connectivity index (χ1n) is 4.61. The number of benzene rings is 1. The molecule has 2 rings (SSSR count). The minimum atomic E-state index is -0.515. The highest BCUT2D eigenvalue weighted by Gasteiger charge is 2.34. The molecule has 1 aliphatic rings. The van der Waals surface area contributed by atoms with Gasteiger partial charge in [0.05, 0.1) is 17.0 Å². The Morgan fingerprint density at radius 3 is 2.67 bits per heavy atom. The van der Waals surface area contributed by atoms with Gasteiger partial charge in [0.25, 0.3) is 0 Å². The van der Waals surface area contributed by atoms with Gasteiger partial charge in [-0.3, -0.25) is 4.79 Å². The Balaban J connectivity index is 2.61. The van der Waals surface area contributed by atoms with Crippen LogP contribution in [0.4, 0.5) is 0 Å². The molecule has 0 fully saturated rings. The predicted molar refractivity (Wildman–Crippen MR) is 60.1 cm³/mol. The van der Waals surface area contributed by atoms with Crippen LogP contribution in [0.2, 0.25) is 10.0 Å². The molecule has 1 aromatic carbocycles. The fourth-order valence-corrected chi connectivity index (χ4v) is 2.00. The molecule has 1 heterocycles. The van der Waals surface area contributed by atoms with Crippen molar-refractivity contribution in [2.24, 2.45) is 0 Å². The molecular formula is C11H10Cl2O2. The van der Waals surface area contributed by atoms with Crippen LogP contribution < -0.4 is 4.74 Å². The summed E-state index contributed by atoms with van der Waals surface area (Å²) in [7, 11) is 0. The summed E-state index contributed by atoms with van der Waals surface area (Å²) in [6.07, 6.45) is 0.359. The second kappa shape index (κ2) is 3.39. The van der Waals surface area contributed by atoms with Gasteiger partial charge in [0, 0.05) is 0 Å². The zero-order valence-electron chi connectivity index (χ0n) is 8.43. The third-order valence-corrected chi connectivity index (χ3v) is 3.10. The Morgan fingerprint density at radius 1 is 1.33 bits per heavy atom. The van der Waals surface area contributed by atoms with Crippen LogP contribution in [0.3, 0.4) is 0 Å². The summed E-state index contributed by atoms with van der Waals surface area (Å²) in [4.78, 5) is 11.8. The number of ketones is 1. The average Bonchev–Trinajstić information content (AvgIpc) is 2.10. The third kappa shape index (κ3) is 1.84. The number of carbonyl (C=O) groups is 1.